The highest BCUT2D eigenvalue weighted by molar-refractivity contribution is 7.84. The predicted octanol–water partition coefficient (Wildman–Crippen LogP) is 4.85. The summed E-state index contributed by atoms with van der Waals surface area (Å²) in [6, 6.07) is 16.6. The molecular formula is C16H11Cl2NOS. The minimum Gasteiger partial charge on any atom is -0.252 e. The molecule has 0 bridgehead atoms. The minimum absolute atomic E-state index is 0.296. The number of aromatic nitrogens is 1. The maximum absolute atomic E-state index is 12.5. The van der Waals surface area contributed by atoms with Crippen molar-refractivity contribution in [1.29, 1.82) is 0 Å². The Bertz CT molecular complexity index is 835. The molecule has 1 unspecified atom stereocenters. The van der Waals surface area contributed by atoms with Gasteiger partial charge in [0.15, 0.2) is 0 Å². The van der Waals surface area contributed by atoms with E-state index in [0.717, 1.165) is 16.5 Å². The van der Waals surface area contributed by atoms with E-state index in [4.69, 9.17) is 23.2 Å². The maximum atomic E-state index is 12.5. The van der Waals surface area contributed by atoms with Gasteiger partial charge in [0.1, 0.15) is 5.03 Å². The molecule has 0 amide bonds. The van der Waals surface area contributed by atoms with Gasteiger partial charge in [-0.15, -0.1) is 0 Å². The summed E-state index contributed by atoms with van der Waals surface area (Å²) in [5.74, 6) is 0.296. The van der Waals surface area contributed by atoms with Gasteiger partial charge < -0.3 is 0 Å². The number of pyridine rings is 1. The van der Waals surface area contributed by atoms with Gasteiger partial charge in [0, 0.05) is 15.4 Å². The summed E-state index contributed by atoms with van der Waals surface area (Å²) in [5, 5.41) is 2.72. The Morgan fingerprint density at radius 2 is 1.81 bits per heavy atom. The third-order valence-electron chi connectivity index (χ3n) is 3.10. The molecule has 2 aromatic carbocycles. The fourth-order valence-corrected chi connectivity index (χ4v) is 3.59. The first-order valence-corrected chi connectivity index (χ1v) is 8.39. The van der Waals surface area contributed by atoms with E-state index in [-0.39, 0.29) is 0 Å². The van der Waals surface area contributed by atoms with Crippen molar-refractivity contribution in [2.75, 3.05) is 0 Å². The lowest BCUT2D eigenvalue weighted by molar-refractivity contribution is 0.680. The number of nitrogens with zero attached hydrogens (tertiary/aromatic N) is 1. The SMILES string of the molecule is O=S(Cc1cc(Cl)ccc1Cl)c1ccc2ccccc2n1. The van der Waals surface area contributed by atoms with Crippen LogP contribution in [0.15, 0.2) is 59.6 Å². The molecule has 3 aromatic rings. The summed E-state index contributed by atoms with van der Waals surface area (Å²) in [4.78, 5) is 4.45. The maximum Gasteiger partial charge on any atom is 0.128 e. The van der Waals surface area contributed by atoms with Gasteiger partial charge in [-0.2, -0.15) is 0 Å². The standard InChI is InChI=1S/C16H11Cl2NOS/c17-13-6-7-14(18)12(9-13)10-21(20)16-8-5-11-3-1-2-4-15(11)19-16/h1-9H,10H2. The monoisotopic (exact) mass is 335 g/mol. The molecule has 0 fully saturated rings. The fourth-order valence-electron chi connectivity index (χ4n) is 2.04. The van der Waals surface area contributed by atoms with Crippen LogP contribution in [0.3, 0.4) is 0 Å². The minimum atomic E-state index is -1.26. The molecular weight excluding hydrogens is 325 g/mol. The number of hydrogen-bond acceptors (Lipinski definition) is 2. The van der Waals surface area contributed by atoms with Crippen LogP contribution in [0.25, 0.3) is 10.9 Å². The lowest BCUT2D eigenvalue weighted by Crippen LogP contribution is -2.00. The van der Waals surface area contributed by atoms with Crippen molar-refractivity contribution >= 4 is 44.9 Å². The van der Waals surface area contributed by atoms with Crippen LogP contribution in [0.5, 0.6) is 0 Å². The van der Waals surface area contributed by atoms with Crippen molar-refractivity contribution < 1.29 is 4.21 Å². The second-order valence-corrected chi connectivity index (χ2v) is 6.81. The molecule has 3 rings (SSSR count). The van der Waals surface area contributed by atoms with Crippen LogP contribution in [0.1, 0.15) is 5.56 Å². The highest BCUT2D eigenvalue weighted by Crippen LogP contribution is 2.24. The van der Waals surface area contributed by atoms with Crippen LogP contribution in [0.2, 0.25) is 10.0 Å². The molecule has 1 heterocycles. The zero-order chi connectivity index (χ0) is 14.8. The molecule has 2 nitrogen and oxygen atoms in total. The van der Waals surface area contributed by atoms with Crippen LogP contribution in [0.4, 0.5) is 0 Å². The zero-order valence-electron chi connectivity index (χ0n) is 10.9. The van der Waals surface area contributed by atoms with Crippen molar-refractivity contribution in [2.24, 2.45) is 0 Å². The van der Waals surface area contributed by atoms with Crippen LogP contribution >= 0.6 is 23.2 Å². The van der Waals surface area contributed by atoms with Gasteiger partial charge in [-0.1, -0.05) is 47.5 Å². The zero-order valence-corrected chi connectivity index (χ0v) is 13.3. The Hall–Kier alpha value is -1.42. The fraction of sp³-hybridized carbons (Fsp3) is 0.0625. The molecule has 1 aromatic heterocycles. The van der Waals surface area contributed by atoms with Gasteiger partial charge in [-0.25, -0.2) is 4.98 Å². The molecule has 0 saturated carbocycles. The van der Waals surface area contributed by atoms with Crippen LogP contribution in [0, 0.1) is 0 Å². The summed E-state index contributed by atoms with van der Waals surface area (Å²) < 4.78 is 12.5. The summed E-state index contributed by atoms with van der Waals surface area (Å²) in [6.07, 6.45) is 0. The Morgan fingerprint density at radius 3 is 2.67 bits per heavy atom. The van der Waals surface area contributed by atoms with E-state index in [1.165, 1.54) is 0 Å². The highest BCUT2D eigenvalue weighted by Gasteiger charge is 2.10. The molecule has 0 aliphatic heterocycles. The Kier molecular flexibility index (Phi) is 4.24. The summed E-state index contributed by atoms with van der Waals surface area (Å²) in [5.41, 5.74) is 1.60. The van der Waals surface area contributed by atoms with Crippen molar-refractivity contribution in [3.05, 3.63) is 70.2 Å². The topological polar surface area (TPSA) is 30.0 Å². The second-order valence-electron chi connectivity index (χ2n) is 4.57. The van der Waals surface area contributed by atoms with Gasteiger partial charge in [-0.3, -0.25) is 4.21 Å². The first-order chi connectivity index (χ1) is 10.1. The third kappa shape index (κ3) is 3.26. The Labute approximate surface area is 135 Å². The van der Waals surface area contributed by atoms with Crippen molar-refractivity contribution in [2.45, 2.75) is 10.8 Å². The lowest BCUT2D eigenvalue weighted by atomic mass is 10.2. The second kappa shape index (κ2) is 6.14. The molecule has 0 aliphatic carbocycles. The molecule has 0 saturated heterocycles. The van der Waals surface area contributed by atoms with Crippen molar-refractivity contribution in [3.8, 4) is 0 Å². The van der Waals surface area contributed by atoms with Gasteiger partial charge in [0.2, 0.25) is 0 Å². The van der Waals surface area contributed by atoms with Crippen LogP contribution < -0.4 is 0 Å². The van der Waals surface area contributed by atoms with Gasteiger partial charge in [0.05, 0.1) is 22.1 Å². The van der Waals surface area contributed by atoms with E-state index in [0.29, 0.717) is 20.8 Å². The number of hydrogen-bond donors (Lipinski definition) is 0. The first kappa shape index (κ1) is 14.5. The molecule has 0 spiro atoms. The Morgan fingerprint density at radius 1 is 1.00 bits per heavy atom. The van der Waals surface area contributed by atoms with Crippen LogP contribution in [-0.4, -0.2) is 9.19 Å². The van der Waals surface area contributed by atoms with Gasteiger partial charge >= 0.3 is 0 Å². The van der Waals surface area contributed by atoms with E-state index < -0.39 is 10.8 Å². The lowest BCUT2D eigenvalue weighted by Gasteiger charge is -2.06. The summed E-state index contributed by atoms with van der Waals surface area (Å²) in [7, 11) is -1.26. The molecule has 0 N–H and O–H groups in total. The normalized spacial score (nSPS) is 12.5. The summed E-state index contributed by atoms with van der Waals surface area (Å²) in [6.45, 7) is 0. The van der Waals surface area contributed by atoms with Gasteiger partial charge in [-0.05, 0) is 35.9 Å². The quantitative estimate of drug-likeness (QED) is 0.684. The molecule has 0 aliphatic rings. The largest absolute Gasteiger partial charge is 0.252 e. The number of benzene rings is 2. The average molecular weight is 336 g/mol. The van der Waals surface area contributed by atoms with E-state index in [9.17, 15) is 4.21 Å². The first-order valence-electron chi connectivity index (χ1n) is 6.31. The number of rotatable bonds is 3. The van der Waals surface area contributed by atoms with Gasteiger partial charge in [0.25, 0.3) is 0 Å². The predicted molar refractivity (Wildman–Crippen MR) is 88.3 cm³/mol. The molecule has 5 heteroatoms. The number of para-hydroxylation sites is 1. The van der Waals surface area contributed by atoms with Crippen LogP contribution in [-0.2, 0) is 16.6 Å². The van der Waals surface area contributed by atoms with E-state index in [1.807, 2.05) is 30.3 Å². The summed E-state index contributed by atoms with van der Waals surface area (Å²) >= 11 is 12.1. The molecule has 0 radical (unpaired) electrons. The van der Waals surface area contributed by atoms with Crippen molar-refractivity contribution in [1.82, 2.24) is 4.98 Å². The third-order valence-corrected chi connectivity index (χ3v) is 4.97. The molecule has 106 valence electrons. The number of fused-ring (bicyclic) bond motifs is 1. The highest BCUT2D eigenvalue weighted by atomic mass is 35.5. The van der Waals surface area contributed by atoms with E-state index in [2.05, 4.69) is 4.98 Å². The van der Waals surface area contributed by atoms with Crippen molar-refractivity contribution in [3.63, 3.8) is 0 Å². The van der Waals surface area contributed by atoms with E-state index in [1.54, 1.807) is 24.3 Å². The smallest absolute Gasteiger partial charge is 0.128 e. The van der Waals surface area contributed by atoms with E-state index >= 15 is 0 Å². The molecule has 21 heavy (non-hydrogen) atoms. The Balaban J connectivity index is 1.91. The molecule has 1 atom stereocenters. The number of halogens is 2. The average Bonchev–Trinajstić information content (AvgIpc) is 2.50.